The van der Waals surface area contributed by atoms with E-state index in [1.807, 2.05) is 41.7 Å². The number of unbranched alkanes of at least 4 members (excludes halogenated alkanes) is 1. The molecule has 2 N–H and O–H groups in total. The van der Waals surface area contributed by atoms with Crippen LogP contribution in [0.3, 0.4) is 0 Å². The van der Waals surface area contributed by atoms with Crippen molar-refractivity contribution in [1.29, 1.82) is 0 Å². The van der Waals surface area contributed by atoms with Gasteiger partial charge in [0.05, 0.1) is 18.0 Å². The lowest BCUT2D eigenvalue weighted by Gasteiger charge is -2.25. The maximum atomic E-state index is 13.6. The van der Waals surface area contributed by atoms with Crippen LogP contribution < -0.4 is 9.62 Å². The molecule has 0 saturated heterocycles. The highest BCUT2D eigenvalue weighted by molar-refractivity contribution is 7.85. The number of esters is 1. The Morgan fingerprint density at radius 3 is 2.43 bits per heavy atom. The first-order valence-corrected chi connectivity index (χ1v) is 13.8. The Morgan fingerprint density at radius 1 is 1.05 bits per heavy atom. The molecular formula is C29H32FN3O3S. The molecule has 0 bridgehead atoms. The molecule has 0 spiro atoms. The van der Waals surface area contributed by atoms with E-state index >= 15 is 0 Å². The molecule has 0 fully saturated rings. The van der Waals surface area contributed by atoms with Gasteiger partial charge in [-0.1, -0.05) is 30.3 Å². The summed E-state index contributed by atoms with van der Waals surface area (Å²) in [7, 11) is 0.622. The third-order valence-corrected chi connectivity index (χ3v) is 7.23. The lowest BCUT2D eigenvalue weighted by molar-refractivity contribution is -0.141. The van der Waals surface area contributed by atoms with Gasteiger partial charge in [0.15, 0.2) is 0 Å². The molecule has 3 aromatic carbocycles. The minimum absolute atomic E-state index is 0.279. The molecule has 0 saturated carbocycles. The van der Waals surface area contributed by atoms with E-state index in [9.17, 15) is 13.4 Å². The lowest BCUT2D eigenvalue weighted by atomic mass is 9.98. The Balaban J connectivity index is 1.83. The van der Waals surface area contributed by atoms with Gasteiger partial charge in [-0.2, -0.15) is 0 Å². The Hall–Kier alpha value is -3.49. The Bertz CT molecular complexity index is 1390. The summed E-state index contributed by atoms with van der Waals surface area (Å²) in [5.74, 6) is -0.577. The molecule has 0 amide bonds. The van der Waals surface area contributed by atoms with Gasteiger partial charge in [0.2, 0.25) is 0 Å². The largest absolute Gasteiger partial charge is 0.466 e. The maximum absolute atomic E-state index is 13.6. The summed E-state index contributed by atoms with van der Waals surface area (Å²) in [6, 6.07) is 20.7. The number of nitrogens with one attached hydrogen (secondary N) is 2. The summed E-state index contributed by atoms with van der Waals surface area (Å²) >= 11 is 0. The molecule has 1 unspecified atom stereocenters. The van der Waals surface area contributed by atoms with Crippen LogP contribution in [-0.4, -0.2) is 41.6 Å². The molecule has 194 valence electrons. The summed E-state index contributed by atoms with van der Waals surface area (Å²) in [6.07, 6.45) is 3.07. The first-order chi connectivity index (χ1) is 17.9. The number of ether oxygens (including phenoxy) is 1. The fraction of sp³-hybridized carbons (Fsp3) is 0.276. The number of carbonyl (C=O) groups excluding carboxylic acids is 1. The van der Waals surface area contributed by atoms with Gasteiger partial charge < -0.3 is 15.0 Å². The Kier molecular flexibility index (Phi) is 8.74. The zero-order valence-electron chi connectivity index (χ0n) is 21.3. The van der Waals surface area contributed by atoms with Gasteiger partial charge in [-0.15, -0.1) is 0 Å². The van der Waals surface area contributed by atoms with Crippen molar-refractivity contribution in [3.63, 3.8) is 0 Å². The van der Waals surface area contributed by atoms with Crippen LogP contribution in [0.2, 0.25) is 0 Å². The van der Waals surface area contributed by atoms with E-state index in [1.54, 1.807) is 18.4 Å². The number of hydrogen-bond donors (Lipinski definition) is 2. The zero-order chi connectivity index (χ0) is 26.4. The van der Waals surface area contributed by atoms with Crippen LogP contribution in [0.5, 0.6) is 0 Å². The monoisotopic (exact) mass is 521 g/mol. The van der Waals surface area contributed by atoms with Crippen LogP contribution in [0.1, 0.15) is 25.3 Å². The molecule has 0 aliphatic rings. The first kappa shape index (κ1) is 26.6. The average Bonchev–Trinajstić information content (AvgIpc) is 3.23. The number of carbonyl (C=O) groups is 1. The Morgan fingerprint density at radius 2 is 1.78 bits per heavy atom. The predicted molar refractivity (Wildman–Crippen MR) is 149 cm³/mol. The van der Waals surface area contributed by atoms with Gasteiger partial charge in [0.1, 0.15) is 16.8 Å². The van der Waals surface area contributed by atoms with Crippen LogP contribution in [0.15, 0.2) is 66.7 Å². The summed E-state index contributed by atoms with van der Waals surface area (Å²) < 4.78 is 33.5. The fourth-order valence-corrected chi connectivity index (χ4v) is 5.34. The molecule has 6 nitrogen and oxygen atoms in total. The van der Waals surface area contributed by atoms with E-state index in [2.05, 4.69) is 22.4 Å². The third-order valence-electron chi connectivity index (χ3n) is 6.23. The summed E-state index contributed by atoms with van der Waals surface area (Å²) in [5.41, 5.74) is 6.67. The van der Waals surface area contributed by atoms with E-state index in [0.717, 1.165) is 51.0 Å². The number of rotatable bonds is 11. The molecule has 8 heteroatoms. The van der Waals surface area contributed by atoms with Crippen molar-refractivity contribution in [3.05, 3.63) is 78.1 Å². The van der Waals surface area contributed by atoms with Gasteiger partial charge in [-0.3, -0.25) is 9.10 Å². The van der Waals surface area contributed by atoms with Crippen molar-refractivity contribution in [3.8, 4) is 22.4 Å². The Labute approximate surface area is 219 Å². The topological polar surface area (TPSA) is 74.4 Å². The third kappa shape index (κ3) is 6.26. The van der Waals surface area contributed by atoms with E-state index in [1.165, 1.54) is 19.1 Å². The quantitative estimate of drug-likeness (QED) is 0.193. The average molecular weight is 522 g/mol. The summed E-state index contributed by atoms with van der Waals surface area (Å²) in [5, 5.41) is 4.31. The van der Waals surface area contributed by atoms with Crippen LogP contribution in [0.4, 0.5) is 10.1 Å². The smallest absolute Gasteiger partial charge is 0.302 e. The highest BCUT2D eigenvalue weighted by Gasteiger charge is 2.21. The van der Waals surface area contributed by atoms with E-state index in [0.29, 0.717) is 26.1 Å². The van der Waals surface area contributed by atoms with Gasteiger partial charge in [0, 0.05) is 42.7 Å². The predicted octanol–water partition coefficient (Wildman–Crippen LogP) is 5.80. The second-order valence-corrected chi connectivity index (χ2v) is 10.2. The number of aromatic amines is 1. The number of fused-ring (bicyclic) bond motifs is 1. The number of nitrogens with zero attached hydrogens (tertiary/aromatic N) is 1. The minimum Gasteiger partial charge on any atom is -0.466 e. The number of anilines is 1. The standard InChI is InChI=1S/C29H32FN3O3S/c1-20(34)36-16-8-7-15-33(37(3)35)28-18-27-25(17-24(28)21-9-5-4-6-10-21)26(19-31-2)29(32-27)22-11-13-23(30)14-12-22/h4-6,9-14,17-18,31-32H,7-8,15-16,19H2,1-3H3. The van der Waals surface area contributed by atoms with E-state index < -0.39 is 11.0 Å². The minimum atomic E-state index is -1.28. The number of aromatic nitrogens is 1. The first-order valence-electron chi connectivity index (χ1n) is 12.3. The molecule has 1 heterocycles. The molecule has 0 aliphatic heterocycles. The molecule has 1 aromatic heterocycles. The SMILES string of the molecule is CNCc1c(-c2ccc(F)cc2)[nH]c2cc(N(CCCCOC(C)=O)S(C)=O)c(-c3ccccc3)cc12. The van der Waals surface area contributed by atoms with E-state index in [-0.39, 0.29) is 11.8 Å². The number of hydrogen-bond acceptors (Lipinski definition) is 4. The molecule has 0 radical (unpaired) electrons. The highest BCUT2D eigenvalue weighted by atomic mass is 32.2. The van der Waals surface area contributed by atoms with Crippen LogP contribution in [-0.2, 0) is 27.1 Å². The zero-order valence-corrected chi connectivity index (χ0v) is 22.2. The van der Waals surface area contributed by atoms with Crippen LogP contribution in [0, 0.1) is 5.82 Å². The van der Waals surface area contributed by atoms with Crippen molar-refractivity contribution < 1.29 is 18.1 Å². The van der Waals surface area contributed by atoms with E-state index in [4.69, 9.17) is 4.74 Å². The van der Waals surface area contributed by atoms with Crippen LogP contribution >= 0.6 is 0 Å². The van der Waals surface area contributed by atoms with Crippen molar-refractivity contribution >= 4 is 33.5 Å². The molecule has 37 heavy (non-hydrogen) atoms. The number of halogens is 1. The summed E-state index contributed by atoms with van der Waals surface area (Å²) in [6.45, 7) is 2.91. The number of H-pyrrole nitrogens is 1. The van der Waals surface area contributed by atoms with Gasteiger partial charge in [-0.25, -0.2) is 8.60 Å². The molecule has 4 aromatic rings. The molecule has 4 rings (SSSR count). The number of benzene rings is 3. The van der Waals surface area contributed by atoms with Crippen molar-refractivity contribution in [2.45, 2.75) is 26.3 Å². The molecule has 1 atom stereocenters. The van der Waals surface area contributed by atoms with Crippen molar-refractivity contribution in [1.82, 2.24) is 10.3 Å². The normalized spacial score (nSPS) is 12.0. The van der Waals surface area contributed by atoms with Gasteiger partial charge in [0.25, 0.3) is 0 Å². The molecular weight excluding hydrogens is 489 g/mol. The maximum Gasteiger partial charge on any atom is 0.302 e. The van der Waals surface area contributed by atoms with Crippen molar-refractivity contribution in [2.24, 2.45) is 0 Å². The molecule has 0 aliphatic carbocycles. The highest BCUT2D eigenvalue weighted by Crippen LogP contribution is 2.39. The summed E-state index contributed by atoms with van der Waals surface area (Å²) in [4.78, 5) is 14.6. The second kappa shape index (κ2) is 12.2. The van der Waals surface area contributed by atoms with Crippen LogP contribution in [0.25, 0.3) is 33.3 Å². The fourth-order valence-electron chi connectivity index (χ4n) is 4.53. The van der Waals surface area contributed by atoms with Gasteiger partial charge >= 0.3 is 5.97 Å². The van der Waals surface area contributed by atoms with Crippen molar-refractivity contribution in [2.75, 3.05) is 30.8 Å². The second-order valence-electron chi connectivity index (χ2n) is 8.87. The lowest BCUT2D eigenvalue weighted by Crippen LogP contribution is -2.27. The van der Waals surface area contributed by atoms with Gasteiger partial charge in [-0.05, 0) is 73.0 Å².